The Bertz CT molecular complexity index is 468. The lowest BCUT2D eigenvalue weighted by Gasteiger charge is -2.55. The molecule has 0 saturated heterocycles. The van der Waals surface area contributed by atoms with Crippen LogP contribution in [0.4, 0.5) is 0 Å². The number of hydrogen-bond acceptors (Lipinski definition) is 3. The molecule has 4 aliphatic carbocycles. The van der Waals surface area contributed by atoms with Crippen molar-refractivity contribution < 1.29 is 14.4 Å². The Morgan fingerprint density at radius 2 is 1.45 bits per heavy atom. The quantitative estimate of drug-likeness (QED) is 0.676. The Balaban J connectivity index is 1.56. The van der Waals surface area contributed by atoms with Crippen LogP contribution in [0.15, 0.2) is 0 Å². The molecule has 1 unspecified atom stereocenters. The van der Waals surface area contributed by atoms with Crippen LogP contribution in [0.5, 0.6) is 0 Å². The van der Waals surface area contributed by atoms with Gasteiger partial charge in [-0.15, -0.1) is 0 Å². The molecule has 3 N–H and O–H groups in total. The summed E-state index contributed by atoms with van der Waals surface area (Å²) in [6.07, 6.45) is 6.71. The third-order valence-electron chi connectivity index (χ3n) is 5.63. The fourth-order valence-corrected chi connectivity index (χ4v) is 5.12. The van der Waals surface area contributed by atoms with Gasteiger partial charge in [0.25, 0.3) is 5.91 Å². The first-order valence-corrected chi connectivity index (χ1v) is 8.25. The summed E-state index contributed by atoms with van der Waals surface area (Å²) in [5, 5.41) is 2.50. The number of rotatable bonds is 3. The topological polar surface area (TPSA) is 87.3 Å². The van der Waals surface area contributed by atoms with Gasteiger partial charge in [-0.3, -0.25) is 25.2 Å². The summed E-state index contributed by atoms with van der Waals surface area (Å²) >= 11 is 0. The zero-order chi connectivity index (χ0) is 15.9. The first-order chi connectivity index (χ1) is 10.4. The van der Waals surface area contributed by atoms with Gasteiger partial charge >= 0.3 is 0 Å². The second-order valence-electron chi connectivity index (χ2n) is 7.56. The van der Waals surface area contributed by atoms with Crippen LogP contribution in [0, 0.1) is 23.2 Å². The minimum absolute atomic E-state index is 0.0463. The summed E-state index contributed by atoms with van der Waals surface area (Å²) in [5.74, 6) is 1.35. The molecular formula is C16H25N3O3. The van der Waals surface area contributed by atoms with Crippen molar-refractivity contribution >= 4 is 17.7 Å². The molecule has 3 amide bonds. The Kier molecular flexibility index (Phi) is 3.87. The van der Waals surface area contributed by atoms with E-state index in [4.69, 9.17) is 0 Å². The largest absolute Gasteiger partial charge is 0.345 e. The maximum absolute atomic E-state index is 12.6. The Morgan fingerprint density at radius 1 is 0.955 bits per heavy atom. The smallest absolute Gasteiger partial charge is 0.260 e. The van der Waals surface area contributed by atoms with E-state index < -0.39 is 11.9 Å². The SMILES string of the molecule is CC(=O)NC(C)C(=O)NNC(=O)C12CC3CC(CC(C3)C1)C2. The zero-order valence-electron chi connectivity index (χ0n) is 13.3. The van der Waals surface area contributed by atoms with Gasteiger partial charge in [0.1, 0.15) is 6.04 Å². The van der Waals surface area contributed by atoms with Crippen molar-refractivity contribution in [3.05, 3.63) is 0 Å². The van der Waals surface area contributed by atoms with E-state index in [1.807, 2.05) is 0 Å². The maximum atomic E-state index is 12.6. The van der Waals surface area contributed by atoms with Crippen molar-refractivity contribution in [1.82, 2.24) is 16.2 Å². The third-order valence-corrected chi connectivity index (χ3v) is 5.63. The molecule has 0 spiro atoms. The van der Waals surface area contributed by atoms with E-state index in [1.165, 1.54) is 26.2 Å². The van der Waals surface area contributed by atoms with Crippen molar-refractivity contribution in [3.8, 4) is 0 Å². The molecule has 0 aromatic rings. The molecule has 0 heterocycles. The van der Waals surface area contributed by atoms with Gasteiger partial charge in [0.05, 0.1) is 5.41 Å². The highest BCUT2D eigenvalue weighted by molar-refractivity contribution is 5.89. The molecule has 1 atom stereocenters. The highest BCUT2D eigenvalue weighted by Crippen LogP contribution is 2.59. The normalized spacial score (nSPS) is 36.5. The average Bonchev–Trinajstić information content (AvgIpc) is 2.42. The molecule has 0 aromatic carbocycles. The molecular weight excluding hydrogens is 282 g/mol. The number of hydrazine groups is 1. The lowest BCUT2D eigenvalue weighted by atomic mass is 9.49. The van der Waals surface area contributed by atoms with Crippen LogP contribution in [0.1, 0.15) is 52.4 Å². The van der Waals surface area contributed by atoms with Crippen molar-refractivity contribution in [3.63, 3.8) is 0 Å². The molecule has 0 aliphatic heterocycles. The Labute approximate surface area is 130 Å². The number of carbonyl (C=O) groups is 3. The molecule has 122 valence electrons. The molecule has 4 saturated carbocycles. The van der Waals surface area contributed by atoms with Crippen molar-refractivity contribution in [1.29, 1.82) is 0 Å². The van der Waals surface area contributed by atoms with Crippen LogP contribution >= 0.6 is 0 Å². The number of nitrogens with one attached hydrogen (secondary N) is 3. The molecule has 0 aromatic heterocycles. The van der Waals surface area contributed by atoms with Gasteiger partial charge in [-0.25, -0.2) is 0 Å². The predicted molar refractivity (Wildman–Crippen MR) is 80.2 cm³/mol. The molecule has 22 heavy (non-hydrogen) atoms. The van der Waals surface area contributed by atoms with Gasteiger partial charge in [-0.1, -0.05) is 0 Å². The van der Waals surface area contributed by atoms with E-state index >= 15 is 0 Å². The monoisotopic (exact) mass is 307 g/mol. The number of carbonyl (C=O) groups excluding carboxylic acids is 3. The van der Waals surface area contributed by atoms with Crippen LogP contribution in [-0.4, -0.2) is 23.8 Å². The standard InChI is InChI=1S/C16H25N3O3/c1-9(17-10(2)20)14(21)18-19-15(22)16-6-11-3-12(7-16)5-13(4-11)8-16/h9,11-13H,3-8H2,1-2H3,(H,17,20)(H,18,21)(H,19,22). The Morgan fingerprint density at radius 3 is 1.91 bits per heavy atom. The van der Waals surface area contributed by atoms with E-state index in [9.17, 15) is 14.4 Å². The Hall–Kier alpha value is -1.59. The fourth-order valence-electron chi connectivity index (χ4n) is 5.12. The van der Waals surface area contributed by atoms with Crippen molar-refractivity contribution in [2.24, 2.45) is 23.2 Å². The summed E-state index contributed by atoms with van der Waals surface area (Å²) in [7, 11) is 0. The van der Waals surface area contributed by atoms with Crippen LogP contribution < -0.4 is 16.2 Å². The lowest BCUT2D eigenvalue weighted by Crippen LogP contribution is -2.58. The summed E-state index contributed by atoms with van der Waals surface area (Å²) in [5.41, 5.74) is 4.78. The van der Waals surface area contributed by atoms with E-state index in [0.717, 1.165) is 19.3 Å². The second-order valence-corrected chi connectivity index (χ2v) is 7.56. The molecule has 0 radical (unpaired) electrons. The van der Waals surface area contributed by atoms with E-state index in [0.29, 0.717) is 17.8 Å². The van der Waals surface area contributed by atoms with Crippen LogP contribution in [0.3, 0.4) is 0 Å². The number of hydrogen-bond donors (Lipinski definition) is 3. The van der Waals surface area contributed by atoms with Gasteiger partial charge in [0.15, 0.2) is 0 Å². The van der Waals surface area contributed by atoms with E-state index in [-0.39, 0.29) is 17.2 Å². The average molecular weight is 307 g/mol. The molecule has 4 aliphatic rings. The minimum Gasteiger partial charge on any atom is -0.345 e. The molecule has 6 heteroatoms. The minimum atomic E-state index is -0.658. The first-order valence-electron chi connectivity index (χ1n) is 8.25. The lowest BCUT2D eigenvalue weighted by molar-refractivity contribution is -0.149. The van der Waals surface area contributed by atoms with Crippen LogP contribution in [0.25, 0.3) is 0 Å². The van der Waals surface area contributed by atoms with Crippen molar-refractivity contribution in [2.45, 2.75) is 58.4 Å². The van der Waals surface area contributed by atoms with Gasteiger partial charge in [-0.2, -0.15) is 0 Å². The van der Waals surface area contributed by atoms with Gasteiger partial charge < -0.3 is 5.32 Å². The fraction of sp³-hybridized carbons (Fsp3) is 0.812. The summed E-state index contributed by atoms with van der Waals surface area (Å²) in [6, 6.07) is -0.658. The summed E-state index contributed by atoms with van der Waals surface area (Å²) in [6.45, 7) is 2.95. The predicted octanol–water partition coefficient (Wildman–Crippen LogP) is 0.875. The zero-order valence-corrected chi connectivity index (χ0v) is 13.3. The first kappa shape index (κ1) is 15.3. The second kappa shape index (κ2) is 5.56. The molecule has 4 rings (SSSR count). The molecule has 4 fully saturated rings. The summed E-state index contributed by atoms with van der Waals surface area (Å²) in [4.78, 5) is 35.4. The van der Waals surface area contributed by atoms with Crippen LogP contribution in [-0.2, 0) is 14.4 Å². The van der Waals surface area contributed by atoms with E-state index in [1.54, 1.807) is 6.92 Å². The maximum Gasteiger partial charge on any atom is 0.260 e. The molecule has 4 bridgehead atoms. The highest BCUT2D eigenvalue weighted by atomic mass is 16.2. The molecule has 6 nitrogen and oxygen atoms in total. The van der Waals surface area contributed by atoms with Crippen molar-refractivity contribution in [2.75, 3.05) is 0 Å². The summed E-state index contributed by atoms with van der Waals surface area (Å²) < 4.78 is 0. The van der Waals surface area contributed by atoms with E-state index in [2.05, 4.69) is 16.2 Å². The highest BCUT2D eigenvalue weighted by Gasteiger charge is 2.54. The van der Waals surface area contributed by atoms with Gasteiger partial charge in [0, 0.05) is 6.92 Å². The number of amides is 3. The third kappa shape index (κ3) is 2.83. The van der Waals surface area contributed by atoms with Gasteiger partial charge in [-0.05, 0) is 63.2 Å². The van der Waals surface area contributed by atoms with Crippen LogP contribution in [0.2, 0.25) is 0 Å². The van der Waals surface area contributed by atoms with Gasteiger partial charge in [0.2, 0.25) is 11.8 Å².